The smallest absolute Gasteiger partial charge is 0.109 e. The van der Waals surface area contributed by atoms with E-state index >= 15 is 0 Å². The van der Waals surface area contributed by atoms with Crippen molar-refractivity contribution in [2.24, 2.45) is 0 Å². The average molecular weight is 239 g/mol. The summed E-state index contributed by atoms with van der Waals surface area (Å²) in [6.45, 7) is 8.02. The zero-order valence-corrected chi connectivity index (χ0v) is 11.0. The highest BCUT2D eigenvalue weighted by atomic mass is 32.1. The largest absolute Gasteiger partial charge is 0.313 e. The number of rotatable bonds is 3. The van der Waals surface area contributed by atoms with E-state index in [9.17, 15) is 0 Å². The summed E-state index contributed by atoms with van der Waals surface area (Å²) in [7, 11) is 0. The molecule has 2 atom stereocenters. The van der Waals surface area contributed by atoms with Gasteiger partial charge in [-0.05, 0) is 26.3 Å². The van der Waals surface area contributed by atoms with Gasteiger partial charge >= 0.3 is 0 Å². The van der Waals surface area contributed by atoms with Gasteiger partial charge in [-0.2, -0.15) is 0 Å². The molecule has 0 aromatic carbocycles. The topological polar surface area (TPSA) is 28.2 Å². The molecule has 1 aliphatic rings. The predicted octanol–water partition coefficient (Wildman–Crippen LogP) is 2.28. The molecule has 2 unspecified atom stereocenters. The summed E-state index contributed by atoms with van der Waals surface area (Å²) in [4.78, 5) is 6.99. The molecule has 0 radical (unpaired) electrons. The fourth-order valence-corrected chi connectivity index (χ4v) is 2.98. The third kappa shape index (κ3) is 2.81. The van der Waals surface area contributed by atoms with Crippen LogP contribution in [0.1, 0.15) is 37.7 Å². The van der Waals surface area contributed by atoms with Crippen molar-refractivity contribution in [2.45, 2.75) is 38.8 Å². The maximum absolute atomic E-state index is 4.43. The van der Waals surface area contributed by atoms with E-state index in [1.807, 2.05) is 6.20 Å². The normalized spacial score (nSPS) is 25.2. The Morgan fingerprint density at radius 1 is 1.69 bits per heavy atom. The predicted molar refractivity (Wildman–Crippen MR) is 68.8 cm³/mol. The fraction of sp³-hybridized carbons (Fsp3) is 0.750. The van der Waals surface area contributed by atoms with Gasteiger partial charge in [0.2, 0.25) is 0 Å². The lowest BCUT2D eigenvalue weighted by molar-refractivity contribution is 0.205. The molecule has 0 saturated carbocycles. The van der Waals surface area contributed by atoms with E-state index in [-0.39, 0.29) is 0 Å². The van der Waals surface area contributed by atoms with Crippen LogP contribution < -0.4 is 5.32 Å². The third-order valence-electron chi connectivity index (χ3n) is 3.36. The minimum absolute atomic E-state index is 0.467. The van der Waals surface area contributed by atoms with E-state index in [1.165, 1.54) is 24.4 Å². The van der Waals surface area contributed by atoms with Gasteiger partial charge in [0.05, 0.1) is 6.04 Å². The first-order chi connectivity index (χ1) is 7.81. The standard InChI is InChI=1S/C12H21N3S/c1-3-11-9-15(7-4-5-13-11)10(2)12-14-6-8-16-12/h6,8,10-11,13H,3-5,7,9H2,1-2H3. The molecule has 0 amide bonds. The van der Waals surface area contributed by atoms with E-state index in [0.29, 0.717) is 12.1 Å². The highest BCUT2D eigenvalue weighted by Crippen LogP contribution is 2.23. The monoisotopic (exact) mass is 239 g/mol. The summed E-state index contributed by atoms with van der Waals surface area (Å²) in [5, 5.41) is 6.92. The molecule has 1 aromatic rings. The highest BCUT2D eigenvalue weighted by molar-refractivity contribution is 7.09. The molecule has 1 aliphatic heterocycles. The summed E-state index contributed by atoms with van der Waals surface area (Å²) >= 11 is 1.77. The molecule has 2 heterocycles. The number of aromatic nitrogens is 1. The summed E-state index contributed by atoms with van der Waals surface area (Å²) in [6, 6.07) is 1.11. The molecule has 1 fully saturated rings. The molecule has 3 nitrogen and oxygen atoms in total. The van der Waals surface area contributed by atoms with Crippen LogP contribution in [0.3, 0.4) is 0 Å². The third-order valence-corrected chi connectivity index (χ3v) is 4.31. The zero-order valence-electron chi connectivity index (χ0n) is 10.1. The minimum Gasteiger partial charge on any atom is -0.313 e. The Labute approximate surface area is 102 Å². The van der Waals surface area contributed by atoms with Crippen molar-refractivity contribution in [2.75, 3.05) is 19.6 Å². The van der Waals surface area contributed by atoms with Crippen LogP contribution in [0.2, 0.25) is 0 Å². The van der Waals surface area contributed by atoms with Gasteiger partial charge in [0.1, 0.15) is 5.01 Å². The molecular formula is C12H21N3S. The number of nitrogens with one attached hydrogen (secondary N) is 1. The summed E-state index contributed by atoms with van der Waals surface area (Å²) in [6.07, 6.45) is 4.36. The van der Waals surface area contributed by atoms with E-state index < -0.39 is 0 Å². The van der Waals surface area contributed by atoms with Crippen LogP contribution in [-0.2, 0) is 0 Å². The van der Waals surface area contributed by atoms with Crippen molar-refractivity contribution in [3.8, 4) is 0 Å². The molecule has 1 aromatic heterocycles. The lowest BCUT2D eigenvalue weighted by Gasteiger charge is -2.28. The van der Waals surface area contributed by atoms with Crippen LogP contribution >= 0.6 is 11.3 Å². The number of hydrogen-bond acceptors (Lipinski definition) is 4. The first-order valence-corrected chi connectivity index (χ1v) is 7.06. The van der Waals surface area contributed by atoms with Crippen molar-refractivity contribution in [1.29, 1.82) is 0 Å². The van der Waals surface area contributed by atoms with Gasteiger partial charge in [-0.25, -0.2) is 4.98 Å². The van der Waals surface area contributed by atoms with E-state index in [4.69, 9.17) is 0 Å². The molecule has 0 aliphatic carbocycles. The maximum atomic E-state index is 4.43. The van der Waals surface area contributed by atoms with Crippen LogP contribution in [0.15, 0.2) is 11.6 Å². The highest BCUT2D eigenvalue weighted by Gasteiger charge is 2.22. The van der Waals surface area contributed by atoms with Crippen LogP contribution in [0.25, 0.3) is 0 Å². The van der Waals surface area contributed by atoms with Crippen LogP contribution in [0, 0.1) is 0 Å². The summed E-state index contributed by atoms with van der Waals surface area (Å²) in [5.41, 5.74) is 0. The van der Waals surface area contributed by atoms with Crippen molar-refractivity contribution in [3.05, 3.63) is 16.6 Å². The van der Waals surface area contributed by atoms with Gasteiger partial charge in [-0.15, -0.1) is 11.3 Å². The molecule has 1 N–H and O–H groups in total. The Balaban J connectivity index is 2.01. The maximum Gasteiger partial charge on any atom is 0.109 e. The van der Waals surface area contributed by atoms with Gasteiger partial charge in [0.15, 0.2) is 0 Å². The van der Waals surface area contributed by atoms with Gasteiger partial charge in [-0.1, -0.05) is 6.92 Å². The first kappa shape index (κ1) is 12.0. The van der Waals surface area contributed by atoms with Gasteiger partial charge < -0.3 is 5.32 Å². The number of nitrogens with zero attached hydrogens (tertiary/aromatic N) is 2. The van der Waals surface area contributed by atoms with Crippen molar-refractivity contribution >= 4 is 11.3 Å². The van der Waals surface area contributed by atoms with Crippen LogP contribution in [-0.4, -0.2) is 35.6 Å². The Hall–Kier alpha value is -0.450. The molecule has 1 saturated heterocycles. The van der Waals surface area contributed by atoms with Crippen molar-refractivity contribution < 1.29 is 0 Å². The van der Waals surface area contributed by atoms with E-state index in [0.717, 1.165) is 13.1 Å². The van der Waals surface area contributed by atoms with E-state index in [2.05, 4.69) is 34.4 Å². The SMILES string of the molecule is CCC1CN(C(C)c2nccs2)CCCN1. The van der Waals surface area contributed by atoms with Crippen molar-refractivity contribution in [1.82, 2.24) is 15.2 Å². The Bertz CT molecular complexity index is 299. The molecule has 0 bridgehead atoms. The number of hydrogen-bond donors (Lipinski definition) is 1. The average Bonchev–Trinajstić information content (AvgIpc) is 2.73. The lowest BCUT2D eigenvalue weighted by Crippen LogP contribution is -2.38. The van der Waals surface area contributed by atoms with Gasteiger partial charge in [0, 0.05) is 30.7 Å². The Kier molecular flexibility index (Phi) is 4.32. The zero-order chi connectivity index (χ0) is 11.4. The molecule has 0 spiro atoms. The molecule has 2 rings (SSSR count). The van der Waals surface area contributed by atoms with Crippen LogP contribution in [0.4, 0.5) is 0 Å². The molecule has 16 heavy (non-hydrogen) atoms. The van der Waals surface area contributed by atoms with Gasteiger partial charge in [0.25, 0.3) is 0 Å². The fourth-order valence-electron chi connectivity index (χ4n) is 2.25. The second-order valence-corrected chi connectivity index (χ2v) is 5.38. The second-order valence-electron chi connectivity index (χ2n) is 4.45. The Morgan fingerprint density at radius 3 is 3.25 bits per heavy atom. The molecule has 90 valence electrons. The summed E-state index contributed by atoms with van der Waals surface area (Å²) < 4.78 is 0. The molecule has 4 heteroatoms. The van der Waals surface area contributed by atoms with Crippen LogP contribution in [0.5, 0.6) is 0 Å². The molecular weight excluding hydrogens is 218 g/mol. The summed E-state index contributed by atoms with van der Waals surface area (Å²) in [5.74, 6) is 0. The second kappa shape index (κ2) is 5.75. The first-order valence-electron chi connectivity index (χ1n) is 6.18. The number of thiazole rings is 1. The van der Waals surface area contributed by atoms with Gasteiger partial charge in [-0.3, -0.25) is 4.90 Å². The minimum atomic E-state index is 0.467. The van der Waals surface area contributed by atoms with Crippen molar-refractivity contribution in [3.63, 3.8) is 0 Å². The quantitative estimate of drug-likeness (QED) is 0.877. The lowest BCUT2D eigenvalue weighted by atomic mass is 10.2. The Morgan fingerprint density at radius 2 is 2.56 bits per heavy atom. The van der Waals surface area contributed by atoms with E-state index in [1.54, 1.807) is 11.3 Å².